The Labute approximate surface area is 117 Å². The van der Waals surface area contributed by atoms with Gasteiger partial charge in [0.15, 0.2) is 0 Å². The van der Waals surface area contributed by atoms with E-state index >= 15 is 0 Å². The molecule has 2 rings (SSSR count). The number of aryl methyl sites for hydroxylation is 1. The molecule has 0 aliphatic heterocycles. The molecule has 0 amide bonds. The van der Waals surface area contributed by atoms with Crippen molar-refractivity contribution in [1.29, 1.82) is 0 Å². The average molecular weight is 278 g/mol. The highest BCUT2D eigenvalue weighted by Crippen LogP contribution is 2.31. The van der Waals surface area contributed by atoms with Crippen LogP contribution < -0.4 is 4.90 Å². The number of aliphatic carboxylic acids is 1. The summed E-state index contributed by atoms with van der Waals surface area (Å²) in [5.41, 5.74) is 1.03. The number of nitrogens with zero attached hydrogens (tertiary/aromatic N) is 2. The molecule has 0 saturated heterocycles. The number of methoxy groups -OCH3 is 1. The summed E-state index contributed by atoms with van der Waals surface area (Å²) in [6.45, 7) is 2.18. The second kappa shape index (κ2) is 5.90. The quantitative estimate of drug-likeness (QED) is 0.796. The molecular weight excluding hydrogens is 260 g/mol. The molecule has 108 valence electrons. The van der Waals surface area contributed by atoms with E-state index in [-0.39, 0.29) is 6.42 Å². The Morgan fingerprint density at radius 1 is 1.45 bits per heavy atom. The van der Waals surface area contributed by atoms with E-state index in [1.165, 1.54) is 7.11 Å². The first-order valence-electron chi connectivity index (χ1n) is 6.57. The summed E-state index contributed by atoms with van der Waals surface area (Å²) < 4.78 is 4.69. The van der Waals surface area contributed by atoms with E-state index in [1.54, 1.807) is 19.1 Å². The molecule has 20 heavy (non-hydrogen) atoms. The van der Waals surface area contributed by atoms with Crippen LogP contribution in [0.5, 0.6) is 0 Å². The van der Waals surface area contributed by atoms with Crippen LogP contribution in [0.1, 0.15) is 35.3 Å². The van der Waals surface area contributed by atoms with Crippen LogP contribution >= 0.6 is 0 Å². The lowest BCUT2D eigenvalue weighted by molar-refractivity contribution is -0.136. The maximum atomic E-state index is 11.5. The summed E-state index contributed by atoms with van der Waals surface area (Å²) >= 11 is 0. The number of anilines is 1. The van der Waals surface area contributed by atoms with Gasteiger partial charge in [-0.05, 0) is 31.9 Å². The van der Waals surface area contributed by atoms with Crippen LogP contribution in [-0.2, 0) is 9.53 Å². The lowest BCUT2D eigenvalue weighted by Crippen LogP contribution is -2.29. The zero-order valence-corrected chi connectivity index (χ0v) is 11.6. The number of aromatic nitrogens is 1. The van der Waals surface area contributed by atoms with Crippen LogP contribution in [0.4, 0.5) is 5.82 Å². The van der Waals surface area contributed by atoms with Gasteiger partial charge < -0.3 is 14.7 Å². The molecule has 6 heteroatoms. The molecule has 1 fully saturated rings. The predicted octanol–water partition coefficient (Wildman–Crippen LogP) is 1.62. The van der Waals surface area contributed by atoms with Crippen molar-refractivity contribution in [2.45, 2.75) is 32.2 Å². The Kier molecular flexibility index (Phi) is 4.22. The Balaban J connectivity index is 2.19. The highest BCUT2D eigenvalue weighted by Gasteiger charge is 2.30. The fraction of sp³-hybridized carbons (Fsp3) is 0.500. The van der Waals surface area contributed by atoms with Gasteiger partial charge in [0.1, 0.15) is 5.82 Å². The predicted molar refractivity (Wildman–Crippen MR) is 72.9 cm³/mol. The number of hydrogen-bond acceptors (Lipinski definition) is 5. The molecule has 1 aromatic rings. The zero-order chi connectivity index (χ0) is 14.7. The monoisotopic (exact) mass is 278 g/mol. The number of carbonyl (C=O) groups excluding carboxylic acids is 1. The fourth-order valence-corrected chi connectivity index (χ4v) is 2.12. The minimum absolute atomic E-state index is 0.0793. The van der Waals surface area contributed by atoms with Crippen LogP contribution in [0, 0.1) is 6.92 Å². The molecule has 1 saturated carbocycles. The molecule has 1 N–H and O–H groups in total. The molecule has 1 aliphatic rings. The number of rotatable bonds is 6. The van der Waals surface area contributed by atoms with Gasteiger partial charge in [0.2, 0.25) is 0 Å². The number of pyridine rings is 1. The Hall–Kier alpha value is -2.11. The van der Waals surface area contributed by atoms with Gasteiger partial charge in [-0.15, -0.1) is 0 Å². The molecule has 0 spiro atoms. The summed E-state index contributed by atoms with van der Waals surface area (Å²) in [5, 5.41) is 8.81. The maximum absolute atomic E-state index is 11.5. The first kappa shape index (κ1) is 14.3. The van der Waals surface area contributed by atoms with Crippen molar-refractivity contribution in [1.82, 2.24) is 4.98 Å². The lowest BCUT2D eigenvalue weighted by atomic mass is 10.2. The van der Waals surface area contributed by atoms with E-state index in [1.807, 2.05) is 4.90 Å². The second-order valence-electron chi connectivity index (χ2n) is 4.86. The Bertz CT molecular complexity index is 526. The Morgan fingerprint density at radius 3 is 2.65 bits per heavy atom. The summed E-state index contributed by atoms with van der Waals surface area (Å²) in [7, 11) is 1.33. The number of carboxylic acids is 1. The topological polar surface area (TPSA) is 79.7 Å². The normalized spacial score (nSPS) is 13.9. The number of carbonyl (C=O) groups is 2. The highest BCUT2D eigenvalue weighted by molar-refractivity contribution is 5.90. The molecule has 0 unspecified atom stereocenters. The minimum Gasteiger partial charge on any atom is -0.481 e. The summed E-state index contributed by atoms with van der Waals surface area (Å²) in [5.74, 6) is -0.512. The van der Waals surface area contributed by atoms with Crippen molar-refractivity contribution in [3.8, 4) is 0 Å². The van der Waals surface area contributed by atoms with Crippen molar-refractivity contribution in [2.75, 3.05) is 18.6 Å². The maximum Gasteiger partial charge on any atom is 0.339 e. The van der Waals surface area contributed by atoms with E-state index in [9.17, 15) is 9.59 Å². The van der Waals surface area contributed by atoms with E-state index in [0.717, 1.165) is 18.7 Å². The van der Waals surface area contributed by atoms with Crippen LogP contribution in [0.25, 0.3) is 0 Å². The van der Waals surface area contributed by atoms with Crippen molar-refractivity contribution >= 4 is 17.8 Å². The number of hydrogen-bond donors (Lipinski definition) is 1. The van der Waals surface area contributed by atoms with Gasteiger partial charge in [-0.2, -0.15) is 0 Å². The number of esters is 1. The Morgan fingerprint density at radius 2 is 2.15 bits per heavy atom. The van der Waals surface area contributed by atoms with E-state index in [4.69, 9.17) is 5.11 Å². The highest BCUT2D eigenvalue weighted by atomic mass is 16.5. The van der Waals surface area contributed by atoms with E-state index < -0.39 is 11.9 Å². The standard InChI is InChI=1S/C14H18N2O4/c1-9-11(14(19)20-2)5-6-12(15-9)16(10-3-4-10)8-7-13(17)18/h5-6,10H,3-4,7-8H2,1-2H3,(H,17,18). The average Bonchev–Trinajstić information content (AvgIpc) is 3.22. The molecule has 0 atom stereocenters. The summed E-state index contributed by atoms with van der Waals surface area (Å²) in [6.07, 6.45) is 2.19. The smallest absolute Gasteiger partial charge is 0.339 e. The van der Waals surface area contributed by atoms with Gasteiger partial charge in [-0.3, -0.25) is 4.79 Å². The third kappa shape index (κ3) is 3.26. The molecule has 1 aliphatic carbocycles. The van der Waals surface area contributed by atoms with Gasteiger partial charge in [0.05, 0.1) is 24.8 Å². The number of ether oxygens (including phenoxy) is 1. The molecule has 0 bridgehead atoms. The molecule has 6 nitrogen and oxygen atoms in total. The van der Waals surface area contributed by atoms with Crippen LogP contribution in [0.15, 0.2) is 12.1 Å². The van der Waals surface area contributed by atoms with Crippen LogP contribution in [0.3, 0.4) is 0 Å². The molecular formula is C14H18N2O4. The summed E-state index contributed by atoms with van der Waals surface area (Å²) in [6, 6.07) is 3.80. The van der Waals surface area contributed by atoms with Crippen molar-refractivity contribution in [3.05, 3.63) is 23.4 Å². The second-order valence-corrected chi connectivity index (χ2v) is 4.86. The third-order valence-corrected chi connectivity index (χ3v) is 3.32. The van der Waals surface area contributed by atoms with Gasteiger partial charge in [0.25, 0.3) is 0 Å². The van der Waals surface area contributed by atoms with Crippen LogP contribution in [0.2, 0.25) is 0 Å². The third-order valence-electron chi connectivity index (χ3n) is 3.32. The minimum atomic E-state index is -0.821. The van der Waals surface area contributed by atoms with Crippen LogP contribution in [-0.4, -0.2) is 41.7 Å². The van der Waals surface area contributed by atoms with Gasteiger partial charge >= 0.3 is 11.9 Å². The molecule has 1 aromatic heterocycles. The molecule has 1 heterocycles. The van der Waals surface area contributed by atoms with E-state index in [0.29, 0.717) is 23.8 Å². The largest absolute Gasteiger partial charge is 0.481 e. The zero-order valence-electron chi connectivity index (χ0n) is 11.6. The first-order valence-corrected chi connectivity index (χ1v) is 6.57. The van der Waals surface area contributed by atoms with Gasteiger partial charge in [0, 0.05) is 12.6 Å². The van der Waals surface area contributed by atoms with E-state index in [2.05, 4.69) is 9.72 Å². The van der Waals surface area contributed by atoms with Crippen molar-refractivity contribution < 1.29 is 19.4 Å². The summed E-state index contributed by atoms with van der Waals surface area (Å²) in [4.78, 5) is 28.7. The van der Waals surface area contributed by atoms with Crippen molar-refractivity contribution in [2.24, 2.45) is 0 Å². The van der Waals surface area contributed by atoms with Gasteiger partial charge in [-0.25, -0.2) is 9.78 Å². The SMILES string of the molecule is COC(=O)c1ccc(N(CCC(=O)O)C2CC2)nc1C. The fourth-order valence-electron chi connectivity index (χ4n) is 2.12. The van der Waals surface area contributed by atoms with Gasteiger partial charge in [-0.1, -0.05) is 0 Å². The first-order chi connectivity index (χ1) is 9.52. The molecule has 0 aromatic carbocycles. The molecule has 0 radical (unpaired) electrons. The number of carboxylic acid groups (broad SMARTS) is 1. The lowest BCUT2D eigenvalue weighted by Gasteiger charge is -2.23. The van der Waals surface area contributed by atoms with Crippen molar-refractivity contribution in [3.63, 3.8) is 0 Å².